The Kier molecular flexibility index (Phi) is 5.70. The fourth-order valence-electron chi connectivity index (χ4n) is 3.90. The van der Waals surface area contributed by atoms with Crippen LogP contribution in [0.1, 0.15) is 21.6 Å². The van der Waals surface area contributed by atoms with Crippen molar-refractivity contribution in [2.75, 3.05) is 5.32 Å². The molecule has 3 aromatic heterocycles. The number of aryl methyl sites for hydroxylation is 1. The first-order valence-corrected chi connectivity index (χ1v) is 11.7. The smallest absolute Gasteiger partial charge is 0.284 e. The number of rotatable bonds is 5. The average molecular weight is 489 g/mol. The van der Waals surface area contributed by atoms with Crippen molar-refractivity contribution in [3.05, 3.63) is 99.2 Å². The quantitative estimate of drug-likeness (QED) is 0.350. The second-order valence-corrected chi connectivity index (χ2v) is 8.96. The van der Waals surface area contributed by atoms with Crippen LogP contribution in [0.2, 0.25) is 0 Å². The Bertz CT molecular complexity index is 1640. The molecule has 5 aromatic rings. The molecular formula is C26H21FN4O3S. The van der Waals surface area contributed by atoms with E-state index in [2.05, 4.69) is 10.3 Å². The molecule has 7 nitrogen and oxygen atoms in total. The van der Waals surface area contributed by atoms with Gasteiger partial charge in [0.15, 0.2) is 17.3 Å². The molecule has 176 valence electrons. The van der Waals surface area contributed by atoms with Crippen molar-refractivity contribution in [1.29, 1.82) is 0 Å². The summed E-state index contributed by atoms with van der Waals surface area (Å²) in [7, 11) is 1.71. The molecule has 0 aliphatic rings. The molecule has 3 heterocycles. The fraction of sp³-hybridized carbons (Fsp3) is 0.115. The van der Waals surface area contributed by atoms with Gasteiger partial charge in [0, 0.05) is 30.6 Å². The number of fused-ring (bicyclic) bond motifs is 1. The summed E-state index contributed by atoms with van der Waals surface area (Å²) in [6.45, 7) is 3.54. The van der Waals surface area contributed by atoms with Gasteiger partial charge in [-0.15, -0.1) is 11.3 Å². The number of hydrogen-bond acceptors (Lipinski definition) is 5. The van der Waals surface area contributed by atoms with Gasteiger partial charge >= 0.3 is 0 Å². The summed E-state index contributed by atoms with van der Waals surface area (Å²) in [5.41, 5.74) is 2.43. The molecule has 0 aliphatic carbocycles. The Morgan fingerprint density at radius 1 is 1.11 bits per heavy atom. The van der Waals surface area contributed by atoms with Gasteiger partial charge in [0.1, 0.15) is 5.56 Å². The number of pyridine rings is 1. The van der Waals surface area contributed by atoms with E-state index in [-0.39, 0.29) is 17.0 Å². The van der Waals surface area contributed by atoms with Crippen molar-refractivity contribution in [3.63, 3.8) is 0 Å². The second-order valence-electron chi connectivity index (χ2n) is 8.04. The van der Waals surface area contributed by atoms with Gasteiger partial charge < -0.3 is 10.1 Å². The summed E-state index contributed by atoms with van der Waals surface area (Å²) in [5, 5.41) is 4.53. The SMILES string of the molecule is Cc1cnc2ccsc2c1Oc1ccc(NC(=O)c2c(C)n(C)n(-c3ccccc3)c2=O)cc1F. The molecule has 0 saturated heterocycles. The number of thiophene rings is 1. The first-order valence-electron chi connectivity index (χ1n) is 10.8. The van der Waals surface area contributed by atoms with Gasteiger partial charge in [-0.2, -0.15) is 0 Å². The highest BCUT2D eigenvalue weighted by Crippen LogP contribution is 2.36. The maximum atomic E-state index is 14.9. The fourth-order valence-corrected chi connectivity index (χ4v) is 4.78. The Balaban J connectivity index is 1.42. The molecule has 0 radical (unpaired) electrons. The molecule has 0 unspecified atom stereocenters. The molecule has 0 spiro atoms. The lowest BCUT2D eigenvalue weighted by Crippen LogP contribution is -2.25. The molecule has 35 heavy (non-hydrogen) atoms. The molecule has 0 aliphatic heterocycles. The highest BCUT2D eigenvalue weighted by Gasteiger charge is 2.23. The Morgan fingerprint density at radius 2 is 1.89 bits per heavy atom. The normalized spacial score (nSPS) is 11.1. The molecule has 1 amide bonds. The maximum Gasteiger partial charge on any atom is 0.284 e. The van der Waals surface area contributed by atoms with Gasteiger partial charge in [-0.05, 0) is 49.6 Å². The number of ether oxygens (including phenoxy) is 1. The van der Waals surface area contributed by atoms with Crippen molar-refractivity contribution >= 4 is 33.1 Å². The zero-order valence-electron chi connectivity index (χ0n) is 19.2. The number of para-hydroxylation sites is 1. The highest BCUT2D eigenvalue weighted by molar-refractivity contribution is 7.17. The Hall–Kier alpha value is -4.24. The van der Waals surface area contributed by atoms with Crippen LogP contribution in [0.3, 0.4) is 0 Å². The molecule has 0 fully saturated rings. The van der Waals surface area contributed by atoms with Gasteiger partial charge in [0.05, 0.1) is 21.6 Å². The lowest BCUT2D eigenvalue weighted by atomic mass is 10.2. The zero-order chi connectivity index (χ0) is 24.7. The van der Waals surface area contributed by atoms with Crippen LogP contribution in [0, 0.1) is 19.7 Å². The number of amides is 1. The van der Waals surface area contributed by atoms with E-state index in [9.17, 15) is 14.0 Å². The van der Waals surface area contributed by atoms with E-state index in [1.54, 1.807) is 37.0 Å². The van der Waals surface area contributed by atoms with E-state index in [0.717, 1.165) is 15.8 Å². The molecule has 0 bridgehead atoms. The summed E-state index contributed by atoms with van der Waals surface area (Å²) in [6.07, 6.45) is 1.68. The molecular weight excluding hydrogens is 467 g/mol. The van der Waals surface area contributed by atoms with Crippen molar-refractivity contribution in [3.8, 4) is 17.2 Å². The largest absolute Gasteiger partial charge is 0.452 e. The van der Waals surface area contributed by atoms with Crippen molar-refractivity contribution in [2.45, 2.75) is 13.8 Å². The summed E-state index contributed by atoms with van der Waals surface area (Å²) < 4.78 is 24.7. The third kappa shape index (κ3) is 4.00. The highest BCUT2D eigenvalue weighted by atomic mass is 32.1. The third-order valence-corrected chi connectivity index (χ3v) is 6.69. The number of carbonyl (C=O) groups excluding carboxylic acids is 1. The molecule has 0 atom stereocenters. The van der Waals surface area contributed by atoms with Gasteiger partial charge in [0.25, 0.3) is 11.5 Å². The number of nitrogens with one attached hydrogen (secondary N) is 1. The summed E-state index contributed by atoms with van der Waals surface area (Å²) in [5.74, 6) is -0.692. The van der Waals surface area contributed by atoms with Crippen LogP contribution in [-0.4, -0.2) is 20.3 Å². The summed E-state index contributed by atoms with van der Waals surface area (Å²) in [4.78, 5) is 30.4. The zero-order valence-corrected chi connectivity index (χ0v) is 20.0. The summed E-state index contributed by atoms with van der Waals surface area (Å²) in [6, 6.07) is 15.1. The van der Waals surface area contributed by atoms with E-state index >= 15 is 0 Å². The Morgan fingerprint density at radius 3 is 2.63 bits per heavy atom. The van der Waals surface area contributed by atoms with Crippen LogP contribution in [0.25, 0.3) is 15.9 Å². The van der Waals surface area contributed by atoms with E-state index in [1.165, 1.54) is 34.2 Å². The number of halogens is 1. The predicted molar refractivity (Wildman–Crippen MR) is 135 cm³/mol. The van der Waals surface area contributed by atoms with Crippen LogP contribution in [0.15, 0.2) is 71.0 Å². The number of benzene rings is 2. The summed E-state index contributed by atoms with van der Waals surface area (Å²) >= 11 is 1.47. The van der Waals surface area contributed by atoms with Crippen molar-refractivity contribution < 1.29 is 13.9 Å². The molecule has 5 rings (SSSR count). The predicted octanol–water partition coefficient (Wildman–Crippen LogP) is 5.59. The molecule has 0 saturated carbocycles. The maximum absolute atomic E-state index is 14.9. The minimum absolute atomic E-state index is 0.00964. The van der Waals surface area contributed by atoms with Crippen molar-refractivity contribution in [2.24, 2.45) is 7.05 Å². The first kappa shape index (κ1) is 22.5. The van der Waals surface area contributed by atoms with Crippen molar-refractivity contribution in [1.82, 2.24) is 14.3 Å². The minimum atomic E-state index is -0.643. The number of aromatic nitrogens is 3. The number of nitrogens with zero attached hydrogens (tertiary/aromatic N) is 3. The monoisotopic (exact) mass is 488 g/mol. The minimum Gasteiger partial charge on any atom is -0.452 e. The number of anilines is 1. The van der Waals surface area contributed by atoms with Crippen LogP contribution in [-0.2, 0) is 7.05 Å². The number of hydrogen-bond donors (Lipinski definition) is 1. The topological polar surface area (TPSA) is 78.2 Å². The molecule has 2 aromatic carbocycles. The lowest BCUT2D eigenvalue weighted by Gasteiger charge is -2.11. The Labute approximate surface area is 204 Å². The molecule has 1 N–H and O–H groups in total. The van der Waals surface area contributed by atoms with Crippen LogP contribution in [0.4, 0.5) is 10.1 Å². The standard InChI is InChI=1S/C26H21FN4O3S/c1-15-14-28-20-11-12-35-24(20)23(15)34-21-10-9-17(13-19(21)27)29-25(32)22-16(2)30(3)31(26(22)33)18-7-5-4-6-8-18/h4-14H,1-3H3,(H,29,32). The molecule has 9 heteroatoms. The van der Waals surface area contributed by atoms with E-state index < -0.39 is 17.3 Å². The average Bonchev–Trinajstić information content (AvgIpc) is 3.40. The van der Waals surface area contributed by atoms with E-state index in [4.69, 9.17) is 4.74 Å². The van der Waals surface area contributed by atoms with E-state index in [1.807, 2.05) is 36.6 Å². The van der Waals surface area contributed by atoms with Gasteiger partial charge in [-0.3, -0.25) is 19.3 Å². The third-order valence-electron chi connectivity index (χ3n) is 5.79. The van der Waals surface area contributed by atoms with E-state index in [0.29, 0.717) is 17.1 Å². The van der Waals surface area contributed by atoms with Crippen LogP contribution in [0.5, 0.6) is 11.5 Å². The number of carbonyl (C=O) groups is 1. The first-order chi connectivity index (χ1) is 16.8. The van der Waals surface area contributed by atoms with Crippen LogP contribution < -0.4 is 15.6 Å². The van der Waals surface area contributed by atoms with Gasteiger partial charge in [-0.25, -0.2) is 9.07 Å². The van der Waals surface area contributed by atoms with Gasteiger partial charge in [-0.1, -0.05) is 18.2 Å². The lowest BCUT2D eigenvalue weighted by molar-refractivity contribution is 0.102. The van der Waals surface area contributed by atoms with Gasteiger partial charge in [0.2, 0.25) is 0 Å². The second kappa shape index (κ2) is 8.84. The van der Waals surface area contributed by atoms with Crippen LogP contribution >= 0.6 is 11.3 Å².